The molecule has 33 heavy (non-hydrogen) atoms. The first-order valence-electron chi connectivity index (χ1n) is 11.1. The second-order valence-corrected chi connectivity index (χ2v) is 10.3. The highest BCUT2D eigenvalue weighted by molar-refractivity contribution is 7.99. The van der Waals surface area contributed by atoms with Crippen molar-refractivity contribution in [2.24, 2.45) is 0 Å². The summed E-state index contributed by atoms with van der Waals surface area (Å²) in [6.07, 6.45) is 5.80. The monoisotopic (exact) mass is 479 g/mol. The maximum absolute atomic E-state index is 13.6. The summed E-state index contributed by atoms with van der Waals surface area (Å²) in [5.41, 5.74) is 2.17. The number of fused-ring (bicyclic) bond motifs is 3. The van der Waals surface area contributed by atoms with Crippen molar-refractivity contribution in [3.8, 4) is 0 Å². The standard InChI is InChI=1S/C25H25N3O3S2/c1-16(17-8-3-2-4-9-17)26-21(29)15-32-25-27-23-22(19-11-5-6-12-20(19)33-23)24(30)28(25)14-18-10-7-13-31-18/h2-4,7-10,13,16H,5-6,11-12,14-15H2,1H3,(H,26,29). The molecule has 1 aliphatic rings. The van der Waals surface area contributed by atoms with E-state index in [0.717, 1.165) is 47.0 Å². The van der Waals surface area contributed by atoms with Gasteiger partial charge in [0.1, 0.15) is 10.6 Å². The molecule has 3 aromatic heterocycles. The highest BCUT2D eigenvalue weighted by Crippen LogP contribution is 2.34. The van der Waals surface area contributed by atoms with Gasteiger partial charge in [-0.1, -0.05) is 42.1 Å². The Morgan fingerprint density at radius 2 is 2.03 bits per heavy atom. The molecule has 5 rings (SSSR count). The van der Waals surface area contributed by atoms with E-state index < -0.39 is 0 Å². The predicted octanol–water partition coefficient (Wildman–Crippen LogP) is 4.95. The van der Waals surface area contributed by atoms with Crippen LogP contribution in [0.3, 0.4) is 0 Å². The van der Waals surface area contributed by atoms with Gasteiger partial charge in [0, 0.05) is 4.88 Å². The number of carbonyl (C=O) groups excluding carboxylic acids is 1. The Hall–Kier alpha value is -2.84. The smallest absolute Gasteiger partial charge is 0.263 e. The van der Waals surface area contributed by atoms with Crippen molar-refractivity contribution in [3.63, 3.8) is 0 Å². The van der Waals surface area contributed by atoms with Crippen LogP contribution < -0.4 is 10.9 Å². The minimum absolute atomic E-state index is 0.0450. The largest absolute Gasteiger partial charge is 0.467 e. The number of furan rings is 1. The molecular formula is C25H25N3O3S2. The zero-order valence-electron chi connectivity index (χ0n) is 18.4. The molecule has 1 aliphatic carbocycles. The number of rotatable bonds is 7. The van der Waals surface area contributed by atoms with Gasteiger partial charge in [-0.2, -0.15) is 0 Å². The first-order chi connectivity index (χ1) is 16.1. The predicted molar refractivity (Wildman–Crippen MR) is 132 cm³/mol. The Balaban J connectivity index is 1.42. The molecule has 1 amide bonds. The summed E-state index contributed by atoms with van der Waals surface area (Å²) < 4.78 is 7.16. The van der Waals surface area contributed by atoms with Crippen molar-refractivity contribution < 1.29 is 9.21 Å². The number of thioether (sulfide) groups is 1. The lowest BCUT2D eigenvalue weighted by molar-refractivity contribution is -0.119. The second kappa shape index (κ2) is 9.57. The first kappa shape index (κ1) is 22.0. The Morgan fingerprint density at radius 1 is 1.21 bits per heavy atom. The number of amides is 1. The fourth-order valence-corrected chi connectivity index (χ4v) is 6.38. The van der Waals surface area contributed by atoms with Gasteiger partial charge in [-0.25, -0.2) is 4.98 Å². The molecule has 0 bridgehead atoms. The van der Waals surface area contributed by atoms with Crippen LogP contribution in [-0.4, -0.2) is 21.2 Å². The molecule has 3 heterocycles. The molecule has 170 valence electrons. The molecule has 0 spiro atoms. The van der Waals surface area contributed by atoms with E-state index in [-0.39, 0.29) is 23.3 Å². The summed E-state index contributed by atoms with van der Waals surface area (Å²) in [5, 5.41) is 4.32. The third kappa shape index (κ3) is 4.63. The summed E-state index contributed by atoms with van der Waals surface area (Å²) in [4.78, 5) is 33.2. The molecule has 8 heteroatoms. The van der Waals surface area contributed by atoms with Gasteiger partial charge in [-0.05, 0) is 55.9 Å². The molecular weight excluding hydrogens is 454 g/mol. The van der Waals surface area contributed by atoms with Gasteiger partial charge in [0.25, 0.3) is 5.56 Å². The van der Waals surface area contributed by atoms with E-state index in [0.29, 0.717) is 17.5 Å². The quantitative estimate of drug-likeness (QED) is 0.300. The number of benzene rings is 1. The van der Waals surface area contributed by atoms with Crippen LogP contribution in [0.2, 0.25) is 0 Å². The molecule has 0 radical (unpaired) electrons. The van der Waals surface area contributed by atoms with Crippen molar-refractivity contribution in [1.29, 1.82) is 0 Å². The minimum Gasteiger partial charge on any atom is -0.467 e. The third-order valence-electron chi connectivity index (χ3n) is 5.94. The van der Waals surface area contributed by atoms with Crippen molar-refractivity contribution >= 4 is 39.2 Å². The van der Waals surface area contributed by atoms with Crippen molar-refractivity contribution in [2.45, 2.75) is 50.4 Å². The average molecular weight is 480 g/mol. The minimum atomic E-state index is -0.0966. The van der Waals surface area contributed by atoms with Crippen LogP contribution in [0.1, 0.15) is 47.6 Å². The van der Waals surface area contributed by atoms with Gasteiger partial charge in [0.05, 0.1) is 30.0 Å². The van der Waals surface area contributed by atoms with E-state index >= 15 is 0 Å². The molecule has 1 atom stereocenters. The van der Waals surface area contributed by atoms with E-state index in [1.165, 1.54) is 16.6 Å². The van der Waals surface area contributed by atoms with E-state index in [2.05, 4.69) is 5.32 Å². The molecule has 0 saturated carbocycles. The van der Waals surface area contributed by atoms with Crippen LogP contribution in [0, 0.1) is 0 Å². The zero-order chi connectivity index (χ0) is 22.8. The van der Waals surface area contributed by atoms with Gasteiger partial charge in [0.15, 0.2) is 5.16 Å². The van der Waals surface area contributed by atoms with Crippen LogP contribution in [0.4, 0.5) is 0 Å². The fraction of sp³-hybridized carbons (Fsp3) is 0.320. The SMILES string of the molecule is CC(NC(=O)CSc1nc2sc3c(c2c(=O)n1Cc1ccco1)CCCC3)c1ccccc1. The topological polar surface area (TPSA) is 77.1 Å². The third-order valence-corrected chi connectivity index (χ3v) is 8.11. The first-order valence-corrected chi connectivity index (χ1v) is 12.9. The molecule has 4 aromatic rings. The molecule has 1 N–H and O–H groups in total. The van der Waals surface area contributed by atoms with E-state index in [9.17, 15) is 9.59 Å². The summed E-state index contributed by atoms with van der Waals surface area (Å²) in [5.74, 6) is 0.769. The maximum atomic E-state index is 13.6. The highest BCUT2D eigenvalue weighted by atomic mass is 32.2. The van der Waals surface area contributed by atoms with E-state index in [1.54, 1.807) is 22.2 Å². The zero-order valence-corrected chi connectivity index (χ0v) is 20.0. The van der Waals surface area contributed by atoms with Crippen molar-refractivity contribution in [3.05, 3.63) is 80.8 Å². The normalized spacial score (nSPS) is 14.2. The lowest BCUT2D eigenvalue weighted by Crippen LogP contribution is -2.29. The van der Waals surface area contributed by atoms with Crippen molar-refractivity contribution in [2.75, 3.05) is 5.75 Å². The Labute approximate surface area is 200 Å². The lowest BCUT2D eigenvalue weighted by atomic mass is 9.97. The highest BCUT2D eigenvalue weighted by Gasteiger charge is 2.23. The molecule has 6 nitrogen and oxygen atoms in total. The summed E-state index contributed by atoms with van der Waals surface area (Å²) in [6.45, 7) is 2.26. The Kier molecular flexibility index (Phi) is 6.37. The van der Waals surface area contributed by atoms with Gasteiger partial charge in [-0.3, -0.25) is 14.2 Å². The van der Waals surface area contributed by atoms with Gasteiger partial charge < -0.3 is 9.73 Å². The molecule has 0 fully saturated rings. The second-order valence-electron chi connectivity index (χ2n) is 8.24. The van der Waals surface area contributed by atoms with Gasteiger partial charge in [0.2, 0.25) is 5.91 Å². The molecule has 1 aromatic carbocycles. The summed E-state index contributed by atoms with van der Waals surface area (Å²) >= 11 is 2.92. The van der Waals surface area contributed by atoms with Gasteiger partial charge >= 0.3 is 0 Å². The summed E-state index contributed by atoms with van der Waals surface area (Å²) in [7, 11) is 0. The van der Waals surface area contributed by atoms with Crippen LogP contribution in [0.5, 0.6) is 0 Å². The Bertz CT molecular complexity index is 1330. The van der Waals surface area contributed by atoms with E-state index in [1.807, 2.05) is 49.4 Å². The number of nitrogens with zero attached hydrogens (tertiary/aromatic N) is 2. The van der Waals surface area contributed by atoms with Crippen LogP contribution in [0.25, 0.3) is 10.2 Å². The number of nitrogens with one attached hydrogen (secondary N) is 1. The van der Waals surface area contributed by atoms with Gasteiger partial charge in [-0.15, -0.1) is 11.3 Å². The maximum Gasteiger partial charge on any atom is 0.263 e. The van der Waals surface area contributed by atoms with E-state index in [4.69, 9.17) is 9.40 Å². The van der Waals surface area contributed by atoms with Crippen molar-refractivity contribution in [1.82, 2.24) is 14.9 Å². The van der Waals surface area contributed by atoms with Crippen LogP contribution in [0.15, 0.2) is 63.1 Å². The number of aromatic nitrogens is 2. The average Bonchev–Trinajstić information content (AvgIpc) is 3.47. The molecule has 0 aliphatic heterocycles. The fourth-order valence-electron chi connectivity index (χ4n) is 4.27. The lowest BCUT2D eigenvalue weighted by Gasteiger charge is -2.15. The Morgan fingerprint density at radius 3 is 2.82 bits per heavy atom. The number of aryl methyl sites for hydroxylation is 2. The number of thiophene rings is 1. The molecule has 0 saturated heterocycles. The number of hydrogen-bond acceptors (Lipinski definition) is 6. The summed E-state index contributed by atoms with van der Waals surface area (Å²) in [6, 6.07) is 13.4. The molecule has 1 unspecified atom stereocenters. The van der Waals surface area contributed by atoms with Crippen LogP contribution >= 0.6 is 23.1 Å². The van der Waals surface area contributed by atoms with Crippen LogP contribution in [-0.2, 0) is 24.2 Å². The number of hydrogen-bond donors (Lipinski definition) is 1. The number of carbonyl (C=O) groups is 1.